The first-order valence-electron chi connectivity index (χ1n) is 10.1. The first-order chi connectivity index (χ1) is 13.7. The van der Waals surface area contributed by atoms with E-state index in [0.29, 0.717) is 6.54 Å². The fourth-order valence-corrected chi connectivity index (χ4v) is 4.42. The molecule has 4 rings (SSSR count). The van der Waals surface area contributed by atoms with Crippen molar-refractivity contribution in [3.8, 4) is 11.3 Å². The Hall–Kier alpha value is -2.03. The van der Waals surface area contributed by atoms with Crippen molar-refractivity contribution in [3.05, 3.63) is 45.7 Å². The lowest BCUT2D eigenvalue weighted by atomic mass is 10.0. The smallest absolute Gasteiger partial charge is 0.271 e. The van der Waals surface area contributed by atoms with Crippen molar-refractivity contribution >= 4 is 9.84 Å². The highest BCUT2D eigenvalue weighted by molar-refractivity contribution is 7.90. The molecule has 0 N–H and O–H groups in total. The summed E-state index contributed by atoms with van der Waals surface area (Å²) in [5.74, 6) is 0. The van der Waals surface area contributed by atoms with Crippen LogP contribution in [0.1, 0.15) is 30.0 Å². The summed E-state index contributed by atoms with van der Waals surface area (Å²) in [6.07, 6.45) is 3.17. The predicted molar refractivity (Wildman–Crippen MR) is 113 cm³/mol. The first kappa shape index (κ1) is 20.3. The summed E-state index contributed by atoms with van der Waals surface area (Å²) >= 11 is 0. The molecule has 2 aliphatic rings. The number of nitrogens with zero attached hydrogens (tertiary/aromatic N) is 4. The highest BCUT2D eigenvalue weighted by atomic mass is 32.2. The zero-order chi connectivity index (χ0) is 20.8. The third-order valence-electron chi connectivity index (χ3n) is 5.91. The summed E-state index contributed by atoms with van der Waals surface area (Å²) in [6, 6.07) is 6.97. The molecule has 2 heterocycles. The van der Waals surface area contributed by atoms with Gasteiger partial charge in [0.2, 0.25) is 0 Å². The molecule has 156 valence electrons. The highest BCUT2D eigenvalue weighted by Crippen LogP contribution is 2.34. The molecule has 2 fully saturated rings. The quantitative estimate of drug-likeness (QED) is 0.739. The van der Waals surface area contributed by atoms with E-state index in [-0.39, 0.29) is 16.5 Å². The van der Waals surface area contributed by atoms with Gasteiger partial charge in [0.25, 0.3) is 5.56 Å². The average Bonchev–Trinajstić information content (AvgIpc) is 3.51. The van der Waals surface area contributed by atoms with Crippen LogP contribution in [0.25, 0.3) is 11.3 Å². The van der Waals surface area contributed by atoms with Crippen LogP contribution in [0.2, 0.25) is 0 Å². The third kappa shape index (κ3) is 4.29. The van der Waals surface area contributed by atoms with Gasteiger partial charge in [-0.3, -0.25) is 9.69 Å². The van der Waals surface area contributed by atoms with E-state index in [1.807, 2.05) is 6.92 Å². The molecule has 2 aromatic rings. The van der Waals surface area contributed by atoms with Gasteiger partial charge in [-0.2, -0.15) is 5.10 Å². The zero-order valence-corrected chi connectivity index (χ0v) is 18.1. The first-order valence-corrected chi connectivity index (χ1v) is 12.0. The Morgan fingerprint density at radius 2 is 1.69 bits per heavy atom. The van der Waals surface area contributed by atoms with Gasteiger partial charge >= 0.3 is 0 Å². The minimum absolute atomic E-state index is 0.0143. The molecule has 0 radical (unpaired) electrons. The van der Waals surface area contributed by atoms with Crippen molar-refractivity contribution in [2.45, 2.75) is 37.2 Å². The lowest BCUT2D eigenvalue weighted by Gasteiger charge is -2.32. The number of rotatable bonds is 5. The Labute approximate surface area is 171 Å². The van der Waals surface area contributed by atoms with Crippen molar-refractivity contribution in [1.29, 1.82) is 0 Å². The number of likely N-dealkylation sites (N-methyl/N-ethyl adjacent to an activating group) is 1. The maximum Gasteiger partial charge on any atom is 0.271 e. The number of sulfone groups is 1. The second kappa shape index (κ2) is 7.66. The predicted octanol–water partition coefficient (Wildman–Crippen LogP) is 1.70. The normalized spacial score (nSPS) is 18.9. The maximum absolute atomic E-state index is 13.2. The highest BCUT2D eigenvalue weighted by Gasteiger charge is 2.29. The molecule has 1 saturated carbocycles. The van der Waals surface area contributed by atoms with Crippen molar-refractivity contribution in [2.75, 3.05) is 39.5 Å². The van der Waals surface area contributed by atoms with Gasteiger partial charge in [-0.1, -0.05) is 12.1 Å². The largest absolute Gasteiger partial charge is 0.304 e. The van der Waals surface area contributed by atoms with Crippen LogP contribution in [0.4, 0.5) is 0 Å². The fourth-order valence-electron chi connectivity index (χ4n) is 3.79. The van der Waals surface area contributed by atoms with Crippen LogP contribution >= 0.6 is 0 Å². The van der Waals surface area contributed by atoms with E-state index in [0.717, 1.165) is 61.4 Å². The Morgan fingerprint density at radius 3 is 2.24 bits per heavy atom. The molecule has 1 saturated heterocycles. The minimum atomic E-state index is -3.25. The number of hydrogen-bond donors (Lipinski definition) is 0. The Balaban J connectivity index is 1.74. The van der Waals surface area contributed by atoms with Gasteiger partial charge in [0.15, 0.2) is 9.84 Å². The number of hydrogen-bond acceptors (Lipinski definition) is 6. The van der Waals surface area contributed by atoms with Crippen LogP contribution in [-0.2, 0) is 16.4 Å². The lowest BCUT2D eigenvalue weighted by Crippen LogP contribution is -2.45. The molecule has 0 atom stereocenters. The summed E-state index contributed by atoms with van der Waals surface area (Å²) in [5, 5.41) is 4.69. The summed E-state index contributed by atoms with van der Waals surface area (Å²) in [7, 11) is -1.13. The number of aromatic nitrogens is 2. The third-order valence-corrected chi connectivity index (χ3v) is 7.04. The van der Waals surface area contributed by atoms with E-state index < -0.39 is 9.84 Å². The molecule has 0 amide bonds. The van der Waals surface area contributed by atoms with Crippen molar-refractivity contribution in [3.63, 3.8) is 0 Å². The summed E-state index contributed by atoms with van der Waals surface area (Å²) in [5.41, 5.74) is 3.31. The van der Waals surface area contributed by atoms with E-state index in [1.54, 1.807) is 28.9 Å². The monoisotopic (exact) mass is 416 g/mol. The second-order valence-corrected chi connectivity index (χ2v) is 10.3. The Kier molecular flexibility index (Phi) is 5.35. The van der Waals surface area contributed by atoms with Gasteiger partial charge in [0.1, 0.15) is 0 Å². The summed E-state index contributed by atoms with van der Waals surface area (Å²) in [6.45, 7) is 6.47. The van der Waals surface area contributed by atoms with Crippen LogP contribution in [0.5, 0.6) is 0 Å². The molecule has 1 aromatic heterocycles. The molecule has 0 bridgehead atoms. The minimum Gasteiger partial charge on any atom is -0.304 e. The summed E-state index contributed by atoms with van der Waals surface area (Å²) < 4.78 is 25.2. The molecule has 1 aromatic carbocycles. The Bertz CT molecular complexity index is 1060. The van der Waals surface area contributed by atoms with E-state index >= 15 is 0 Å². The molecule has 1 aliphatic carbocycles. The molecular weight excluding hydrogens is 388 g/mol. The van der Waals surface area contributed by atoms with E-state index in [4.69, 9.17) is 0 Å². The molecule has 0 unspecified atom stereocenters. The molecule has 0 spiro atoms. The van der Waals surface area contributed by atoms with Crippen molar-refractivity contribution < 1.29 is 8.42 Å². The maximum atomic E-state index is 13.2. The van der Waals surface area contributed by atoms with E-state index in [1.165, 1.54) is 6.26 Å². The number of benzene rings is 1. The van der Waals surface area contributed by atoms with Crippen molar-refractivity contribution in [2.24, 2.45) is 0 Å². The van der Waals surface area contributed by atoms with Crippen LogP contribution in [0.15, 0.2) is 34.0 Å². The second-order valence-electron chi connectivity index (χ2n) is 8.31. The topological polar surface area (TPSA) is 75.5 Å². The summed E-state index contributed by atoms with van der Waals surface area (Å²) in [4.78, 5) is 18.1. The van der Waals surface area contributed by atoms with Gasteiger partial charge in [0, 0.05) is 50.1 Å². The van der Waals surface area contributed by atoms with Gasteiger partial charge in [-0.15, -0.1) is 0 Å². The average molecular weight is 417 g/mol. The van der Waals surface area contributed by atoms with Crippen LogP contribution in [0.3, 0.4) is 0 Å². The molecule has 7 nitrogen and oxygen atoms in total. The number of piperazine rings is 1. The fraction of sp³-hybridized carbons (Fsp3) is 0.524. The zero-order valence-electron chi connectivity index (χ0n) is 17.3. The van der Waals surface area contributed by atoms with Gasteiger partial charge in [-0.25, -0.2) is 13.1 Å². The van der Waals surface area contributed by atoms with Crippen LogP contribution in [-0.4, -0.2) is 67.5 Å². The lowest BCUT2D eigenvalue weighted by molar-refractivity contribution is 0.147. The van der Waals surface area contributed by atoms with Gasteiger partial charge < -0.3 is 4.90 Å². The van der Waals surface area contributed by atoms with E-state index in [9.17, 15) is 13.2 Å². The molecular formula is C21H28N4O3S. The van der Waals surface area contributed by atoms with Crippen LogP contribution < -0.4 is 5.56 Å². The van der Waals surface area contributed by atoms with Crippen molar-refractivity contribution in [1.82, 2.24) is 19.6 Å². The Morgan fingerprint density at radius 1 is 1.07 bits per heavy atom. The molecule has 29 heavy (non-hydrogen) atoms. The van der Waals surface area contributed by atoms with Gasteiger partial charge in [0.05, 0.1) is 16.6 Å². The molecule has 1 aliphatic heterocycles. The standard InChI is InChI=1S/C21H28N4O3S/c1-15-19(14-24-12-10-23(2)11-13-24)21(26)25(17-6-7-17)22-20(15)16-4-8-18(9-5-16)29(3,27)28/h4-5,8-9,17H,6-7,10-14H2,1-3H3. The molecule has 8 heteroatoms. The van der Waals surface area contributed by atoms with Gasteiger partial charge in [-0.05, 0) is 44.5 Å². The SMILES string of the molecule is Cc1c(-c2ccc(S(C)(=O)=O)cc2)nn(C2CC2)c(=O)c1CN1CCN(C)CC1. The van der Waals surface area contributed by atoms with E-state index in [2.05, 4.69) is 21.9 Å². The van der Waals surface area contributed by atoms with Crippen LogP contribution in [0, 0.1) is 6.92 Å².